The van der Waals surface area contributed by atoms with Crippen molar-refractivity contribution in [3.05, 3.63) is 71.5 Å². The van der Waals surface area contributed by atoms with E-state index in [1.807, 2.05) is 6.92 Å². The number of aromatic nitrogens is 3. The predicted molar refractivity (Wildman–Crippen MR) is 140 cm³/mol. The summed E-state index contributed by atoms with van der Waals surface area (Å²) in [7, 11) is 0. The van der Waals surface area contributed by atoms with Gasteiger partial charge in [0.1, 0.15) is 11.6 Å². The van der Waals surface area contributed by atoms with Crippen molar-refractivity contribution in [2.24, 2.45) is 0 Å². The minimum absolute atomic E-state index is 0.341. The molecule has 2 aliphatic rings. The van der Waals surface area contributed by atoms with Crippen molar-refractivity contribution in [3.8, 4) is 5.75 Å². The van der Waals surface area contributed by atoms with Crippen molar-refractivity contribution in [3.63, 3.8) is 0 Å². The van der Waals surface area contributed by atoms with Crippen LogP contribution in [-0.2, 0) is 17.8 Å². The molecule has 0 bridgehead atoms. The van der Waals surface area contributed by atoms with Gasteiger partial charge in [-0.25, -0.2) is 0 Å². The van der Waals surface area contributed by atoms with Gasteiger partial charge in [-0.1, -0.05) is 60.3 Å². The molecule has 0 aliphatic carbocycles. The molecule has 0 saturated carbocycles. The van der Waals surface area contributed by atoms with Gasteiger partial charge in [0.15, 0.2) is 5.16 Å². The molecule has 186 valence electrons. The van der Waals surface area contributed by atoms with Crippen molar-refractivity contribution in [1.29, 1.82) is 0 Å². The molecule has 3 aromatic rings. The lowest BCUT2D eigenvalue weighted by molar-refractivity contribution is 0.129. The summed E-state index contributed by atoms with van der Waals surface area (Å²) in [5.74, 6) is 3.53. The van der Waals surface area contributed by atoms with Crippen molar-refractivity contribution in [2.75, 3.05) is 32.1 Å². The average Bonchev–Trinajstić information content (AvgIpc) is 3.55. The summed E-state index contributed by atoms with van der Waals surface area (Å²) >= 11 is 1.80. The van der Waals surface area contributed by atoms with Crippen LogP contribution in [0.2, 0.25) is 0 Å². The van der Waals surface area contributed by atoms with Gasteiger partial charge in [-0.2, -0.15) is 0 Å². The molecular weight excluding hydrogens is 456 g/mol. The number of likely N-dealkylation sites (tertiary alicyclic amines) is 1. The molecule has 2 aliphatic heterocycles. The Kier molecular flexibility index (Phi) is 8.39. The maximum absolute atomic E-state index is 5.85. The zero-order valence-corrected chi connectivity index (χ0v) is 21.5. The molecule has 0 spiro atoms. The number of benzene rings is 2. The molecule has 6 nitrogen and oxygen atoms in total. The smallest absolute Gasteiger partial charge is 0.191 e. The Morgan fingerprint density at radius 3 is 2.54 bits per heavy atom. The second kappa shape index (κ2) is 12.1. The number of thioether (sulfide) groups is 1. The van der Waals surface area contributed by atoms with Gasteiger partial charge in [-0.15, -0.1) is 10.2 Å². The Morgan fingerprint density at radius 2 is 1.77 bits per heavy atom. The normalized spacial score (nSPS) is 19.3. The van der Waals surface area contributed by atoms with Gasteiger partial charge in [0.25, 0.3) is 0 Å². The Morgan fingerprint density at radius 1 is 0.971 bits per heavy atom. The molecule has 1 aromatic heterocycles. The summed E-state index contributed by atoms with van der Waals surface area (Å²) in [5.41, 5.74) is 2.56. The highest BCUT2D eigenvalue weighted by Crippen LogP contribution is 2.32. The standard InChI is InChI=1S/C28H36N4O2S/c1-2-33-26-13-7-6-11-24(26)20-31-16-14-23(15-17-31)27-29-30-28(35-21-25-12-8-18-34-25)32(27)19-22-9-4-3-5-10-22/h3-7,9-11,13,23,25H,2,8,12,14-21H2,1H3. The van der Waals surface area contributed by atoms with Crippen molar-refractivity contribution < 1.29 is 9.47 Å². The number of hydrogen-bond acceptors (Lipinski definition) is 6. The van der Waals surface area contributed by atoms with Gasteiger partial charge in [0.2, 0.25) is 0 Å². The second-order valence-corrected chi connectivity index (χ2v) is 10.4. The summed E-state index contributed by atoms with van der Waals surface area (Å²) in [6.07, 6.45) is 4.85. The van der Waals surface area contributed by atoms with E-state index in [2.05, 4.69) is 69.2 Å². The van der Waals surface area contributed by atoms with E-state index < -0.39 is 0 Å². The molecule has 7 heteroatoms. The van der Waals surface area contributed by atoms with E-state index in [9.17, 15) is 0 Å². The molecule has 35 heavy (non-hydrogen) atoms. The third-order valence-electron chi connectivity index (χ3n) is 6.97. The molecule has 3 heterocycles. The van der Waals surface area contributed by atoms with Crippen LogP contribution in [0, 0.1) is 0 Å². The zero-order valence-electron chi connectivity index (χ0n) is 20.6. The van der Waals surface area contributed by atoms with Crippen LogP contribution in [0.3, 0.4) is 0 Å². The lowest BCUT2D eigenvalue weighted by Gasteiger charge is -2.32. The fourth-order valence-electron chi connectivity index (χ4n) is 5.09. The number of rotatable bonds is 10. The van der Waals surface area contributed by atoms with E-state index in [0.717, 1.165) is 74.5 Å². The minimum Gasteiger partial charge on any atom is -0.494 e. The third kappa shape index (κ3) is 6.26. The molecule has 2 saturated heterocycles. The van der Waals surface area contributed by atoms with E-state index in [1.165, 1.54) is 17.5 Å². The van der Waals surface area contributed by atoms with Crippen LogP contribution in [0.5, 0.6) is 5.75 Å². The summed E-state index contributed by atoms with van der Waals surface area (Å²) in [6, 6.07) is 19.1. The Balaban J connectivity index is 1.26. The Hall–Kier alpha value is -2.35. The van der Waals surface area contributed by atoms with E-state index >= 15 is 0 Å². The summed E-state index contributed by atoms with van der Waals surface area (Å²) < 4.78 is 14.1. The largest absolute Gasteiger partial charge is 0.494 e. The quantitative estimate of drug-likeness (QED) is 0.355. The van der Waals surface area contributed by atoms with Gasteiger partial charge in [-0.05, 0) is 57.3 Å². The van der Waals surface area contributed by atoms with Crippen LogP contribution >= 0.6 is 11.8 Å². The first-order valence-electron chi connectivity index (χ1n) is 12.9. The van der Waals surface area contributed by atoms with Crippen LogP contribution in [-0.4, -0.2) is 57.8 Å². The van der Waals surface area contributed by atoms with Crippen LogP contribution in [0.4, 0.5) is 0 Å². The molecule has 2 fully saturated rings. The number of piperidine rings is 1. The van der Waals surface area contributed by atoms with Gasteiger partial charge in [0, 0.05) is 30.4 Å². The minimum atomic E-state index is 0.341. The van der Waals surface area contributed by atoms with Gasteiger partial charge < -0.3 is 14.0 Å². The highest BCUT2D eigenvalue weighted by atomic mass is 32.2. The van der Waals surface area contributed by atoms with E-state index in [0.29, 0.717) is 18.6 Å². The molecule has 5 rings (SSSR count). The van der Waals surface area contributed by atoms with E-state index in [-0.39, 0.29) is 0 Å². The van der Waals surface area contributed by atoms with Crippen molar-refractivity contribution in [1.82, 2.24) is 19.7 Å². The molecule has 2 aromatic carbocycles. The predicted octanol–water partition coefficient (Wildman–Crippen LogP) is 5.38. The van der Waals surface area contributed by atoms with Gasteiger partial charge in [0.05, 0.1) is 19.3 Å². The van der Waals surface area contributed by atoms with E-state index in [1.54, 1.807) is 11.8 Å². The van der Waals surface area contributed by atoms with Crippen LogP contribution < -0.4 is 4.74 Å². The lowest BCUT2D eigenvalue weighted by Crippen LogP contribution is -2.33. The molecule has 0 amide bonds. The Labute approximate surface area is 213 Å². The maximum Gasteiger partial charge on any atom is 0.191 e. The monoisotopic (exact) mass is 492 g/mol. The Bertz CT molecular complexity index is 1060. The van der Waals surface area contributed by atoms with Crippen LogP contribution in [0.25, 0.3) is 0 Å². The fraction of sp³-hybridized carbons (Fsp3) is 0.500. The first-order chi connectivity index (χ1) is 17.3. The summed E-state index contributed by atoms with van der Waals surface area (Å²) in [6.45, 7) is 7.50. The molecule has 1 unspecified atom stereocenters. The number of ether oxygens (including phenoxy) is 2. The first-order valence-corrected chi connectivity index (χ1v) is 13.9. The van der Waals surface area contributed by atoms with Crippen molar-refractivity contribution >= 4 is 11.8 Å². The molecule has 0 radical (unpaired) electrons. The van der Waals surface area contributed by atoms with Gasteiger partial charge in [-0.3, -0.25) is 4.90 Å². The molecule has 1 atom stereocenters. The average molecular weight is 493 g/mol. The summed E-state index contributed by atoms with van der Waals surface area (Å²) in [5, 5.41) is 10.4. The first kappa shape index (κ1) is 24.3. The molecule has 0 N–H and O–H groups in total. The van der Waals surface area contributed by atoms with Crippen molar-refractivity contribution in [2.45, 2.75) is 62.9 Å². The second-order valence-electron chi connectivity index (χ2n) is 9.45. The number of hydrogen-bond donors (Lipinski definition) is 0. The third-order valence-corrected chi connectivity index (χ3v) is 8.07. The highest BCUT2D eigenvalue weighted by molar-refractivity contribution is 7.99. The van der Waals surface area contributed by atoms with Gasteiger partial charge >= 0.3 is 0 Å². The molecular formula is C28H36N4O2S. The van der Waals surface area contributed by atoms with E-state index in [4.69, 9.17) is 14.6 Å². The highest BCUT2D eigenvalue weighted by Gasteiger charge is 2.27. The maximum atomic E-state index is 5.85. The number of para-hydroxylation sites is 1. The lowest BCUT2D eigenvalue weighted by atomic mass is 9.95. The topological polar surface area (TPSA) is 52.4 Å². The zero-order chi connectivity index (χ0) is 23.9. The number of nitrogens with zero attached hydrogens (tertiary/aromatic N) is 4. The summed E-state index contributed by atoms with van der Waals surface area (Å²) in [4.78, 5) is 2.54. The fourth-order valence-corrected chi connectivity index (χ4v) is 6.10. The van der Waals surface area contributed by atoms with Crippen LogP contribution in [0.1, 0.15) is 55.5 Å². The SMILES string of the molecule is CCOc1ccccc1CN1CCC(c2nnc(SCC3CCCO3)n2Cc2ccccc2)CC1. The van der Waals surface area contributed by atoms with Crippen LogP contribution in [0.15, 0.2) is 59.8 Å².